The molecule has 20 heavy (non-hydrogen) atoms. The molecule has 1 heterocycles. The fourth-order valence-corrected chi connectivity index (χ4v) is 1.88. The third-order valence-electron chi connectivity index (χ3n) is 2.65. The maximum absolute atomic E-state index is 10.7. The molecule has 0 saturated carbocycles. The average molecular weight is 294 g/mol. The van der Waals surface area contributed by atoms with Crippen molar-refractivity contribution in [1.82, 2.24) is 4.98 Å². The number of halogens is 1. The van der Waals surface area contributed by atoms with Crippen LogP contribution in [0.15, 0.2) is 42.5 Å². The van der Waals surface area contributed by atoms with E-state index in [4.69, 9.17) is 11.6 Å². The van der Waals surface area contributed by atoms with Crippen molar-refractivity contribution in [1.29, 1.82) is 0 Å². The maximum Gasteiger partial charge on any atom is 0.276 e. The number of nitrogens with one attached hydrogen (secondary N) is 1. The predicted molar refractivity (Wildman–Crippen MR) is 75.8 cm³/mol. The van der Waals surface area contributed by atoms with Crippen LogP contribution in [0.1, 0.15) is 11.7 Å². The number of benzene rings is 1. The van der Waals surface area contributed by atoms with Crippen LogP contribution in [0.25, 0.3) is 0 Å². The molecule has 2 N–H and O–H groups in total. The zero-order chi connectivity index (χ0) is 14.5. The molecule has 0 saturated heterocycles. The van der Waals surface area contributed by atoms with E-state index >= 15 is 0 Å². The molecular weight excluding hydrogens is 282 g/mol. The summed E-state index contributed by atoms with van der Waals surface area (Å²) in [4.78, 5) is 14.1. The Morgan fingerprint density at radius 3 is 2.70 bits per heavy atom. The zero-order valence-electron chi connectivity index (χ0n) is 10.4. The molecule has 0 bridgehead atoms. The van der Waals surface area contributed by atoms with Gasteiger partial charge in [0.15, 0.2) is 0 Å². The van der Waals surface area contributed by atoms with Crippen LogP contribution in [0.4, 0.5) is 11.5 Å². The molecule has 0 radical (unpaired) electrons. The molecule has 2 aromatic rings. The number of nitrogens with zero attached hydrogens (tertiary/aromatic N) is 2. The van der Waals surface area contributed by atoms with Crippen molar-refractivity contribution in [2.24, 2.45) is 0 Å². The highest BCUT2D eigenvalue weighted by Gasteiger charge is 2.12. The van der Waals surface area contributed by atoms with Crippen LogP contribution < -0.4 is 5.32 Å². The third-order valence-corrected chi connectivity index (χ3v) is 2.84. The van der Waals surface area contributed by atoms with E-state index in [1.165, 1.54) is 12.1 Å². The molecule has 1 aromatic carbocycles. The molecule has 1 atom stereocenters. The Morgan fingerprint density at radius 2 is 2.05 bits per heavy atom. The van der Waals surface area contributed by atoms with Gasteiger partial charge in [-0.3, -0.25) is 10.1 Å². The number of nitro groups is 1. The number of rotatable bonds is 5. The first-order chi connectivity index (χ1) is 9.56. The highest BCUT2D eigenvalue weighted by molar-refractivity contribution is 6.29. The summed E-state index contributed by atoms with van der Waals surface area (Å²) in [6.45, 7) is 0.175. The molecule has 6 nitrogen and oxygen atoms in total. The smallest absolute Gasteiger partial charge is 0.276 e. The Bertz CT molecular complexity index is 607. The Hall–Kier alpha value is -2.18. The van der Waals surface area contributed by atoms with Gasteiger partial charge >= 0.3 is 0 Å². The lowest BCUT2D eigenvalue weighted by atomic mass is 10.1. The Kier molecular flexibility index (Phi) is 4.49. The lowest BCUT2D eigenvalue weighted by Crippen LogP contribution is -2.13. The number of anilines is 1. The Morgan fingerprint density at radius 1 is 1.35 bits per heavy atom. The van der Waals surface area contributed by atoms with Crippen LogP contribution >= 0.6 is 11.6 Å². The van der Waals surface area contributed by atoms with E-state index in [1.807, 2.05) is 18.2 Å². The molecule has 0 aliphatic carbocycles. The molecule has 0 fully saturated rings. The van der Waals surface area contributed by atoms with E-state index in [2.05, 4.69) is 10.3 Å². The highest BCUT2D eigenvalue weighted by Crippen LogP contribution is 2.21. The van der Waals surface area contributed by atoms with E-state index in [0.717, 1.165) is 5.56 Å². The first kappa shape index (κ1) is 14.2. The van der Waals surface area contributed by atoms with Crippen molar-refractivity contribution in [2.45, 2.75) is 6.10 Å². The van der Waals surface area contributed by atoms with Gasteiger partial charge in [0.2, 0.25) is 0 Å². The quantitative estimate of drug-likeness (QED) is 0.503. The fourth-order valence-electron chi connectivity index (χ4n) is 1.67. The first-order valence-corrected chi connectivity index (χ1v) is 6.23. The summed E-state index contributed by atoms with van der Waals surface area (Å²) in [6.07, 6.45) is -0.740. The van der Waals surface area contributed by atoms with Crippen LogP contribution in [-0.4, -0.2) is 21.6 Å². The highest BCUT2D eigenvalue weighted by atomic mass is 35.5. The minimum absolute atomic E-state index is 0.0240. The minimum Gasteiger partial charge on any atom is -0.387 e. The molecule has 0 aliphatic heterocycles. The maximum atomic E-state index is 10.7. The second kappa shape index (κ2) is 6.31. The summed E-state index contributed by atoms with van der Waals surface area (Å²) in [5.41, 5.74) is 0.596. The van der Waals surface area contributed by atoms with Gasteiger partial charge in [0.25, 0.3) is 5.69 Å². The SMILES string of the molecule is O=[N+]([O-])c1cc(Cl)nc(NCC(O)c2ccccc2)c1. The van der Waals surface area contributed by atoms with Crippen LogP contribution in [-0.2, 0) is 0 Å². The molecule has 2 rings (SSSR count). The largest absolute Gasteiger partial charge is 0.387 e. The van der Waals surface area contributed by atoms with E-state index < -0.39 is 11.0 Å². The topological polar surface area (TPSA) is 88.3 Å². The minimum atomic E-state index is -0.740. The van der Waals surface area contributed by atoms with E-state index in [9.17, 15) is 15.2 Å². The third kappa shape index (κ3) is 3.66. The van der Waals surface area contributed by atoms with Gasteiger partial charge in [-0.25, -0.2) is 4.98 Å². The lowest BCUT2D eigenvalue weighted by molar-refractivity contribution is -0.384. The van der Waals surface area contributed by atoms with E-state index in [1.54, 1.807) is 12.1 Å². The van der Waals surface area contributed by atoms with Crippen LogP contribution in [0.3, 0.4) is 0 Å². The van der Waals surface area contributed by atoms with Crippen LogP contribution in [0, 0.1) is 10.1 Å². The molecule has 104 valence electrons. The molecular formula is C13H12ClN3O3. The summed E-state index contributed by atoms with van der Waals surface area (Å²) >= 11 is 5.71. The van der Waals surface area contributed by atoms with Gasteiger partial charge in [-0.15, -0.1) is 0 Å². The fraction of sp³-hybridized carbons (Fsp3) is 0.154. The number of aromatic nitrogens is 1. The first-order valence-electron chi connectivity index (χ1n) is 5.85. The number of aliphatic hydroxyl groups excluding tert-OH is 1. The Labute approximate surface area is 120 Å². The molecule has 0 aliphatic rings. The normalized spacial score (nSPS) is 11.9. The molecule has 0 amide bonds. The van der Waals surface area contributed by atoms with E-state index in [0.29, 0.717) is 0 Å². The second-order valence-electron chi connectivity index (χ2n) is 4.10. The van der Waals surface area contributed by atoms with Crippen molar-refractivity contribution >= 4 is 23.1 Å². The van der Waals surface area contributed by atoms with Gasteiger partial charge in [0.1, 0.15) is 11.0 Å². The molecule has 1 aromatic heterocycles. The van der Waals surface area contributed by atoms with Crippen molar-refractivity contribution < 1.29 is 10.0 Å². The standard InChI is InChI=1S/C13H12ClN3O3/c14-12-6-10(17(19)20)7-13(16-12)15-8-11(18)9-4-2-1-3-5-9/h1-7,11,18H,8H2,(H,15,16). The summed E-state index contributed by atoms with van der Waals surface area (Å²) in [7, 11) is 0. The van der Waals surface area contributed by atoms with Gasteiger partial charge in [-0.2, -0.15) is 0 Å². The van der Waals surface area contributed by atoms with Gasteiger partial charge in [0.05, 0.1) is 23.2 Å². The molecule has 1 unspecified atom stereocenters. The van der Waals surface area contributed by atoms with E-state index in [-0.39, 0.29) is 23.2 Å². The van der Waals surface area contributed by atoms with Gasteiger partial charge in [-0.05, 0) is 5.56 Å². The zero-order valence-corrected chi connectivity index (χ0v) is 11.1. The van der Waals surface area contributed by atoms with Crippen molar-refractivity contribution in [3.63, 3.8) is 0 Å². The second-order valence-corrected chi connectivity index (χ2v) is 4.49. The summed E-state index contributed by atoms with van der Waals surface area (Å²) in [5, 5.41) is 23.5. The van der Waals surface area contributed by atoms with Crippen LogP contribution in [0.5, 0.6) is 0 Å². The van der Waals surface area contributed by atoms with Crippen LogP contribution in [0.2, 0.25) is 5.15 Å². The van der Waals surface area contributed by atoms with Crippen molar-refractivity contribution in [3.8, 4) is 0 Å². The number of hydrogen-bond donors (Lipinski definition) is 2. The summed E-state index contributed by atoms with van der Waals surface area (Å²) in [6, 6.07) is 11.5. The van der Waals surface area contributed by atoms with Gasteiger partial charge < -0.3 is 10.4 Å². The molecule has 7 heteroatoms. The summed E-state index contributed by atoms with van der Waals surface area (Å²) in [5.74, 6) is 0.249. The Balaban J connectivity index is 2.06. The monoisotopic (exact) mass is 293 g/mol. The van der Waals surface area contributed by atoms with Crippen molar-refractivity contribution in [2.75, 3.05) is 11.9 Å². The van der Waals surface area contributed by atoms with Crippen molar-refractivity contribution in [3.05, 3.63) is 63.3 Å². The average Bonchev–Trinajstić information content (AvgIpc) is 2.45. The lowest BCUT2D eigenvalue weighted by Gasteiger charge is -2.12. The predicted octanol–water partition coefficient (Wildman–Crippen LogP) is 2.79. The number of pyridine rings is 1. The number of aliphatic hydroxyl groups is 1. The molecule has 0 spiro atoms. The number of hydrogen-bond acceptors (Lipinski definition) is 5. The van der Waals surface area contributed by atoms with Gasteiger partial charge in [-0.1, -0.05) is 41.9 Å². The summed E-state index contributed by atoms with van der Waals surface area (Å²) < 4.78 is 0. The van der Waals surface area contributed by atoms with Gasteiger partial charge in [0, 0.05) is 6.54 Å².